The number of H-pyrrole nitrogens is 1. The zero-order valence-corrected chi connectivity index (χ0v) is 12.3. The van der Waals surface area contributed by atoms with Gasteiger partial charge >= 0.3 is 0 Å². The van der Waals surface area contributed by atoms with Crippen molar-refractivity contribution >= 4 is 5.91 Å². The Morgan fingerprint density at radius 3 is 3.00 bits per heavy atom. The van der Waals surface area contributed by atoms with Crippen LogP contribution in [0.1, 0.15) is 23.4 Å². The van der Waals surface area contributed by atoms with Gasteiger partial charge in [0.05, 0.1) is 13.5 Å². The lowest BCUT2D eigenvalue weighted by Gasteiger charge is -2.10. The van der Waals surface area contributed by atoms with Gasteiger partial charge in [0.25, 0.3) is 0 Å². The first-order valence-corrected chi connectivity index (χ1v) is 6.93. The number of carbonyl (C=O) groups is 1. The summed E-state index contributed by atoms with van der Waals surface area (Å²) >= 11 is 0. The minimum Gasteiger partial charge on any atom is -0.496 e. The predicted octanol–water partition coefficient (Wildman–Crippen LogP) is 1.41. The number of amides is 1. The van der Waals surface area contributed by atoms with Gasteiger partial charge in [-0.1, -0.05) is 17.7 Å². The summed E-state index contributed by atoms with van der Waals surface area (Å²) in [7, 11) is 1.61. The monoisotopic (exact) mass is 288 g/mol. The maximum absolute atomic E-state index is 12.0. The highest BCUT2D eigenvalue weighted by Gasteiger charge is 2.08. The molecule has 0 aliphatic rings. The minimum atomic E-state index is -0.00327. The molecule has 6 nitrogen and oxygen atoms in total. The molecule has 0 saturated carbocycles. The maximum Gasteiger partial charge on any atom is 0.224 e. The van der Waals surface area contributed by atoms with Crippen LogP contribution in [0.5, 0.6) is 5.75 Å². The molecule has 1 aromatic carbocycles. The molecule has 0 fully saturated rings. The van der Waals surface area contributed by atoms with Gasteiger partial charge in [0.15, 0.2) is 0 Å². The van der Waals surface area contributed by atoms with Gasteiger partial charge in [-0.05, 0) is 19.4 Å². The van der Waals surface area contributed by atoms with E-state index in [1.54, 1.807) is 7.11 Å². The molecule has 0 spiro atoms. The lowest BCUT2D eigenvalue weighted by Crippen LogP contribution is -2.26. The number of methoxy groups -OCH3 is 1. The van der Waals surface area contributed by atoms with Gasteiger partial charge in [-0.2, -0.15) is 5.10 Å². The Kier molecular flexibility index (Phi) is 5.31. The van der Waals surface area contributed by atoms with Crippen molar-refractivity contribution in [1.29, 1.82) is 0 Å². The van der Waals surface area contributed by atoms with Crippen molar-refractivity contribution in [3.05, 3.63) is 41.5 Å². The number of hydrogen-bond donors (Lipinski definition) is 2. The standard InChI is InChI=1S/C15H20N4O2/c1-11-5-6-13(21-2)12(8-11)9-15(20)16-7-3-4-14-17-10-18-19-14/h5-6,8,10H,3-4,7,9H2,1-2H3,(H,16,20)(H,17,18,19). The molecule has 2 aromatic rings. The van der Waals surface area contributed by atoms with Crippen molar-refractivity contribution in [2.24, 2.45) is 0 Å². The number of rotatable bonds is 7. The Labute approximate surface area is 123 Å². The molecule has 1 aromatic heterocycles. The third-order valence-electron chi connectivity index (χ3n) is 3.16. The Bertz CT molecular complexity index is 581. The van der Waals surface area contributed by atoms with Crippen LogP contribution in [0.4, 0.5) is 0 Å². The lowest BCUT2D eigenvalue weighted by molar-refractivity contribution is -0.120. The SMILES string of the molecule is COc1ccc(C)cc1CC(=O)NCCCc1ncn[nH]1. The summed E-state index contributed by atoms with van der Waals surface area (Å²) in [5.74, 6) is 1.58. The van der Waals surface area contributed by atoms with Crippen LogP contribution in [0.25, 0.3) is 0 Å². The van der Waals surface area contributed by atoms with E-state index in [4.69, 9.17) is 4.74 Å². The van der Waals surface area contributed by atoms with Crippen LogP contribution in [-0.2, 0) is 17.6 Å². The maximum atomic E-state index is 12.0. The van der Waals surface area contributed by atoms with Crippen LogP contribution >= 0.6 is 0 Å². The molecule has 0 atom stereocenters. The Morgan fingerprint density at radius 1 is 1.43 bits per heavy atom. The van der Waals surface area contributed by atoms with Crippen molar-refractivity contribution in [2.75, 3.05) is 13.7 Å². The third-order valence-corrected chi connectivity index (χ3v) is 3.16. The number of ether oxygens (including phenoxy) is 1. The van der Waals surface area contributed by atoms with E-state index in [2.05, 4.69) is 20.5 Å². The molecular formula is C15H20N4O2. The number of aryl methyl sites for hydroxylation is 2. The van der Waals surface area contributed by atoms with E-state index >= 15 is 0 Å². The van der Waals surface area contributed by atoms with Gasteiger partial charge in [-0.25, -0.2) is 4.98 Å². The molecule has 6 heteroatoms. The number of hydrogen-bond acceptors (Lipinski definition) is 4. The van der Waals surface area contributed by atoms with Gasteiger partial charge in [0.2, 0.25) is 5.91 Å². The normalized spacial score (nSPS) is 10.4. The topological polar surface area (TPSA) is 79.9 Å². The van der Waals surface area contributed by atoms with Crippen LogP contribution in [0, 0.1) is 6.92 Å². The predicted molar refractivity (Wildman–Crippen MR) is 79.1 cm³/mol. The third kappa shape index (κ3) is 4.59. The second kappa shape index (κ2) is 7.42. The highest BCUT2D eigenvalue weighted by atomic mass is 16.5. The molecule has 0 unspecified atom stereocenters. The summed E-state index contributed by atoms with van der Waals surface area (Å²) in [4.78, 5) is 16.0. The first-order chi connectivity index (χ1) is 10.2. The van der Waals surface area contributed by atoms with Crippen molar-refractivity contribution in [1.82, 2.24) is 20.5 Å². The van der Waals surface area contributed by atoms with Crippen LogP contribution in [0.3, 0.4) is 0 Å². The largest absolute Gasteiger partial charge is 0.496 e. The number of carbonyl (C=O) groups excluding carboxylic acids is 1. The van der Waals surface area contributed by atoms with E-state index in [0.717, 1.165) is 35.5 Å². The summed E-state index contributed by atoms with van der Waals surface area (Å²) in [5.41, 5.74) is 2.02. The van der Waals surface area contributed by atoms with E-state index in [1.807, 2.05) is 25.1 Å². The summed E-state index contributed by atoms with van der Waals surface area (Å²) < 4.78 is 5.28. The molecular weight excluding hydrogens is 268 g/mol. The van der Waals surface area contributed by atoms with Crippen molar-refractivity contribution < 1.29 is 9.53 Å². The number of aromatic amines is 1. The quantitative estimate of drug-likeness (QED) is 0.755. The Morgan fingerprint density at radius 2 is 2.29 bits per heavy atom. The van der Waals surface area contributed by atoms with Gasteiger partial charge in [0, 0.05) is 18.5 Å². The average Bonchev–Trinajstić information content (AvgIpc) is 2.97. The van der Waals surface area contributed by atoms with Crippen molar-refractivity contribution in [3.8, 4) is 5.75 Å². The fraction of sp³-hybridized carbons (Fsp3) is 0.400. The van der Waals surface area contributed by atoms with Crippen molar-refractivity contribution in [3.63, 3.8) is 0 Å². The summed E-state index contributed by atoms with van der Waals surface area (Å²) in [6.45, 7) is 2.62. The molecule has 112 valence electrons. The van der Waals surface area contributed by atoms with Crippen LogP contribution < -0.4 is 10.1 Å². The zero-order chi connectivity index (χ0) is 15.1. The Hall–Kier alpha value is -2.37. The molecule has 0 saturated heterocycles. The lowest BCUT2D eigenvalue weighted by atomic mass is 10.1. The zero-order valence-electron chi connectivity index (χ0n) is 12.3. The highest BCUT2D eigenvalue weighted by Crippen LogP contribution is 2.19. The van der Waals surface area contributed by atoms with E-state index < -0.39 is 0 Å². The second-order valence-electron chi connectivity index (χ2n) is 4.88. The number of benzene rings is 1. The minimum absolute atomic E-state index is 0.00327. The van der Waals surface area contributed by atoms with Gasteiger partial charge in [-0.3, -0.25) is 9.89 Å². The van der Waals surface area contributed by atoms with Gasteiger partial charge < -0.3 is 10.1 Å². The molecule has 0 radical (unpaired) electrons. The van der Waals surface area contributed by atoms with Gasteiger partial charge in [-0.15, -0.1) is 0 Å². The molecule has 1 heterocycles. The summed E-state index contributed by atoms with van der Waals surface area (Å²) in [6, 6.07) is 5.84. The summed E-state index contributed by atoms with van der Waals surface area (Å²) in [6.07, 6.45) is 3.41. The molecule has 0 aliphatic heterocycles. The fourth-order valence-electron chi connectivity index (χ4n) is 2.12. The van der Waals surface area contributed by atoms with E-state index in [-0.39, 0.29) is 5.91 Å². The number of aromatic nitrogens is 3. The molecule has 2 rings (SSSR count). The first kappa shape index (κ1) is 15.0. The van der Waals surface area contributed by atoms with E-state index in [9.17, 15) is 4.79 Å². The molecule has 21 heavy (non-hydrogen) atoms. The smallest absolute Gasteiger partial charge is 0.224 e. The van der Waals surface area contributed by atoms with Gasteiger partial charge in [0.1, 0.15) is 17.9 Å². The highest BCUT2D eigenvalue weighted by molar-refractivity contribution is 5.79. The number of nitrogens with zero attached hydrogens (tertiary/aromatic N) is 2. The average molecular weight is 288 g/mol. The van der Waals surface area contributed by atoms with Crippen LogP contribution in [0.15, 0.2) is 24.5 Å². The molecule has 0 aliphatic carbocycles. The van der Waals surface area contributed by atoms with E-state index in [1.165, 1.54) is 6.33 Å². The van der Waals surface area contributed by atoms with Crippen LogP contribution in [-0.4, -0.2) is 34.7 Å². The summed E-state index contributed by atoms with van der Waals surface area (Å²) in [5, 5.41) is 9.49. The second-order valence-corrected chi connectivity index (χ2v) is 4.88. The Balaban J connectivity index is 1.77. The number of nitrogens with one attached hydrogen (secondary N) is 2. The van der Waals surface area contributed by atoms with Crippen LogP contribution in [0.2, 0.25) is 0 Å². The first-order valence-electron chi connectivity index (χ1n) is 6.93. The molecule has 0 bridgehead atoms. The van der Waals surface area contributed by atoms with E-state index in [0.29, 0.717) is 13.0 Å². The molecule has 2 N–H and O–H groups in total. The molecule has 1 amide bonds. The van der Waals surface area contributed by atoms with Crippen molar-refractivity contribution in [2.45, 2.75) is 26.2 Å². The fourth-order valence-corrected chi connectivity index (χ4v) is 2.12.